The van der Waals surface area contributed by atoms with Gasteiger partial charge < -0.3 is 5.32 Å². The highest BCUT2D eigenvalue weighted by Crippen LogP contribution is 2.20. The average molecular weight is 349 g/mol. The van der Waals surface area contributed by atoms with E-state index in [1.54, 1.807) is 6.92 Å². The van der Waals surface area contributed by atoms with Gasteiger partial charge in [-0.1, -0.05) is 29.8 Å². The molecule has 2 atom stereocenters. The van der Waals surface area contributed by atoms with Gasteiger partial charge in [-0.25, -0.2) is 8.42 Å². The Morgan fingerprint density at radius 3 is 2.67 bits per heavy atom. The maximum atomic E-state index is 12.1. The van der Waals surface area contributed by atoms with Gasteiger partial charge in [0.05, 0.1) is 11.0 Å². The molecule has 1 aromatic carbocycles. The van der Waals surface area contributed by atoms with E-state index in [1.807, 2.05) is 31.2 Å². The Balaban J connectivity index is 1.62. The van der Waals surface area contributed by atoms with Crippen LogP contribution in [0.5, 0.6) is 0 Å². The van der Waals surface area contributed by atoms with Gasteiger partial charge in [0.15, 0.2) is 9.84 Å². The summed E-state index contributed by atoms with van der Waals surface area (Å²) in [6, 6.07) is 7.32. The number of nitrogens with one attached hydrogen (secondary N) is 1. The van der Waals surface area contributed by atoms with Crippen LogP contribution in [0.15, 0.2) is 24.3 Å². The number of hydrogen-bond donors (Lipinski definition) is 1. The molecule has 0 radical (unpaired) electrons. The molecule has 0 unspecified atom stereocenters. The monoisotopic (exact) mass is 349 g/mol. The van der Waals surface area contributed by atoms with E-state index in [9.17, 15) is 13.2 Å². The number of benzene rings is 1. The molecule has 1 saturated heterocycles. The molecule has 1 aliphatic heterocycles. The van der Waals surface area contributed by atoms with Gasteiger partial charge >= 0.3 is 0 Å². The summed E-state index contributed by atoms with van der Waals surface area (Å²) in [6.07, 6.45) is 0.439. The topological polar surface area (TPSA) is 107 Å². The molecule has 0 aliphatic carbocycles. The smallest absolute Gasteiger partial charge is 0.243 e. The number of aromatic nitrogens is 4. The summed E-state index contributed by atoms with van der Waals surface area (Å²) in [6.45, 7) is 3.52. The minimum absolute atomic E-state index is 0.0951. The van der Waals surface area contributed by atoms with Crippen LogP contribution in [-0.4, -0.2) is 51.6 Å². The van der Waals surface area contributed by atoms with Crippen LogP contribution in [0.25, 0.3) is 11.4 Å². The second-order valence-electron chi connectivity index (χ2n) is 6.04. The van der Waals surface area contributed by atoms with Crippen LogP contribution in [0.4, 0.5) is 0 Å². The van der Waals surface area contributed by atoms with Gasteiger partial charge in [-0.15, -0.1) is 10.2 Å². The summed E-state index contributed by atoms with van der Waals surface area (Å²) in [5, 5.41) is 14.2. The SMILES string of the molecule is Cc1ccc(-c2nnn(CC(=O)N[C@@H]3CCS(=O)(=O)[C@@H]3C)n2)cc1. The Morgan fingerprint density at radius 2 is 2.04 bits per heavy atom. The van der Waals surface area contributed by atoms with Crippen LogP contribution in [-0.2, 0) is 21.2 Å². The first kappa shape index (κ1) is 16.6. The highest BCUT2D eigenvalue weighted by atomic mass is 32.2. The molecule has 0 saturated carbocycles. The van der Waals surface area contributed by atoms with Crippen molar-refractivity contribution >= 4 is 15.7 Å². The molecular formula is C15H19N5O3S. The number of aryl methyl sites for hydroxylation is 1. The minimum Gasteiger partial charge on any atom is -0.350 e. The largest absolute Gasteiger partial charge is 0.350 e. The Morgan fingerprint density at radius 1 is 1.33 bits per heavy atom. The zero-order valence-electron chi connectivity index (χ0n) is 13.5. The molecule has 1 aromatic heterocycles. The molecule has 0 spiro atoms. The highest BCUT2D eigenvalue weighted by molar-refractivity contribution is 7.92. The summed E-state index contributed by atoms with van der Waals surface area (Å²) in [5.74, 6) is 0.231. The summed E-state index contributed by atoms with van der Waals surface area (Å²) in [5.41, 5.74) is 1.95. The second-order valence-corrected chi connectivity index (χ2v) is 8.52. The number of carbonyl (C=O) groups is 1. The van der Waals surface area contributed by atoms with Crippen molar-refractivity contribution in [2.24, 2.45) is 0 Å². The van der Waals surface area contributed by atoms with Crippen molar-refractivity contribution in [1.29, 1.82) is 0 Å². The van der Waals surface area contributed by atoms with Crippen molar-refractivity contribution in [2.75, 3.05) is 5.75 Å². The molecule has 9 heteroatoms. The Bertz CT molecular complexity index is 844. The first-order valence-corrected chi connectivity index (χ1v) is 9.42. The predicted octanol–water partition coefficient (Wildman–Crippen LogP) is 0.340. The molecule has 0 bridgehead atoms. The average Bonchev–Trinajstić information content (AvgIpc) is 3.08. The van der Waals surface area contributed by atoms with E-state index in [0.717, 1.165) is 11.1 Å². The lowest BCUT2D eigenvalue weighted by molar-refractivity contribution is -0.122. The molecule has 1 fully saturated rings. The van der Waals surface area contributed by atoms with Crippen molar-refractivity contribution in [1.82, 2.24) is 25.5 Å². The molecule has 2 heterocycles. The van der Waals surface area contributed by atoms with E-state index in [4.69, 9.17) is 0 Å². The van der Waals surface area contributed by atoms with Crippen molar-refractivity contribution in [3.63, 3.8) is 0 Å². The molecule has 3 rings (SSSR count). The number of rotatable bonds is 4. The molecule has 1 aliphatic rings. The molecule has 1 N–H and O–H groups in total. The van der Waals surface area contributed by atoms with Crippen molar-refractivity contribution in [2.45, 2.75) is 38.1 Å². The van der Waals surface area contributed by atoms with Crippen LogP contribution in [0, 0.1) is 6.92 Å². The van der Waals surface area contributed by atoms with Crippen molar-refractivity contribution in [3.05, 3.63) is 29.8 Å². The zero-order valence-corrected chi connectivity index (χ0v) is 14.3. The van der Waals surface area contributed by atoms with Crippen LogP contribution in [0.1, 0.15) is 18.9 Å². The molecular weight excluding hydrogens is 330 g/mol. The van der Waals surface area contributed by atoms with E-state index < -0.39 is 15.1 Å². The van der Waals surface area contributed by atoms with E-state index in [2.05, 4.69) is 20.7 Å². The number of amides is 1. The van der Waals surface area contributed by atoms with E-state index in [0.29, 0.717) is 12.2 Å². The van der Waals surface area contributed by atoms with Gasteiger partial charge in [-0.3, -0.25) is 4.79 Å². The maximum absolute atomic E-state index is 12.1. The number of hydrogen-bond acceptors (Lipinski definition) is 6. The van der Waals surface area contributed by atoms with Crippen molar-refractivity contribution < 1.29 is 13.2 Å². The first-order chi connectivity index (χ1) is 11.3. The van der Waals surface area contributed by atoms with Crippen LogP contribution in [0.3, 0.4) is 0 Å². The fraction of sp³-hybridized carbons (Fsp3) is 0.467. The molecule has 24 heavy (non-hydrogen) atoms. The third-order valence-corrected chi connectivity index (χ3v) is 6.51. The van der Waals surface area contributed by atoms with E-state index in [-0.39, 0.29) is 24.2 Å². The van der Waals surface area contributed by atoms with Gasteiger partial charge in [0.2, 0.25) is 11.7 Å². The van der Waals surface area contributed by atoms with E-state index >= 15 is 0 Å². The quantitative estimate of drug-likeness (QED) is 0.853. The van der Waals surface area contributed by atoms with Crippen molar-refractivity contribution in [3.8, 4) is 11.4 Å². The third-order valence-electron chi connectivity index (χ3n) is 4.24. The highest BCUT2D eigenvalue weighted by Gasteiger charge is 2.37. The van der Waals surface area contributed by atoms with Crippen LogP contribution >= 0.6 is 0 Å². The summed E-state index contributed by atoms with van der Waals surface area (Å²) in [4.78, 5) is 13.3. The van der Waals surface area contributed by atoms with Crippen LogP contribution < -0.4 is 5.32 Å². The van der Waals surface area contributed by atoms with Gasteiger partial charge in [0.25, 0.3) is 0 Å². The Hall–Kier alpha value is -2.29. The van der Waals surface area contributed by atoms with Crippen LogP contribution in [0.2, 0.25) is 0 Å². The third kappa shape index (κ3) is 3.45. The fourth-order valence-corrected chi connectivity index (χ4v) is 4.32. The first-order valence-electron chi connectivity index (χ1n) is 7.71. The van der Waals surface area contributed by atoms with Gasteiger partial charge in [-0.2, -0.15) is 4.80 Å². The number of sulfone groups is 1. The second kappa shape index (κ2) is 6.31. The lowest BCUT2D eigenvalue weighted by Gasteiger charge is -2.15. The predicted molar refractivity (Wildman–Crippen MR) is 87.8 cm³/mol. The molecule has 2 aromatic rings. The summed E-state index contributed by atoms with van der Waals surface area (Å²) in [7, 11) is -3.09. The maximum Gasteiger partial charge on any atom is 0.243 e. The zero-order chi connectivity index (χ0) is 17.3. The normalized spacial score (nSPS) is 22.4. The fourth-order valence-electron chi connectivity index (χ4n) is 2.66. The van der Waals surface area contributed by atoms with Gasteiger partial charge in [0, 0.05) is 11.6 Å². The molecule has 1 amide bonds. The number of nitrogens with zero attached hydrogens (tertiary/aromatic N) is 4. The standard InChI is InChI=1S/C15H19N5O3S/c1-10-3-5-12(6-4-10)15-17-19-20(18-15)9-14(21)16-13-7-8-24(22,23)11(13)2/h3-6,11,13H,7-9H2,1-2H3,(H,16,21)/t11-,13-/m1/s1. The van der Waals surface area contributed by atoms with E-state index in [1.165, 1.54) is 4.80 Å². The minimum atomic E-state index is -3.09. The van der Waals surface area contributed by atoms with Gasteiger partial charge in [-0.05, 0) is 25.5 Å². The number of tetrazole rings is 1. The lowest BCUT2D eigenvalue weighted by Crippen LogP contribution is -2.42. The number of carbonyl (C=O) groups excluding carboxylic acids is 1. The Labute approximate surface area is 140 Å². The van der Waals surface area contributed by atoms with Gasteiger partial charge in [0.1, 0.15) is 6.54 Å². The molecule has 128 valence electrons. The summed E-state index contributed by atoms with van der Waals surface area (Å²) < 4.78 is 23.4. The molecule has 8 nitrogen and oxygen atoms in total. The lowest BCUT2D eigenvalue weighted by atomic mass is 10.1. The Kier molecular flexibility index (Phi) is 4.35. The summed E-state index contributed by atoms with van der Waals surface area (Å²) >= 11 is 0.